The van der Waals surface area contributed by atoms with Crippen LogP contribution in [0.4, 0.5) is 0 Å². The van der Waals surface area contributed by atoms with Gasteiger partial charge >= 0.3 is 0 Å². The molecular weight excluding hydrogens is 164 g/mol. The molecule has 1 heterocycles. The Bertz CT molecular complexity index is 90.9. The largest absolute Gasteiger partial charge is 0.376 e. The molecule has 1 rings (SSSR count). The third kappa shape index (κ3) is 8.22. The first-order chi connectivity index (χ1) is 6.35. The Labute approximate surface area is 82.0 Å². The van der Waals surface area contributed by atoms with Gasteiger partial charge < -0.3 is 15.8 Å². The lowest BCUT2D eigenvalue weighted by Crippen LogP contribution is -2.37. The van der Waals surface area contributed by atoms with Crippen molar-refractivity contribution in [3.8, 4) is 0 Å². The number of nitrogens with one attached hydrogen (secondary N) is 1. The van der Waals surface area contributed by atoms with Gasteiger partial charge in [0.2, 0.25) is 0 Å². The van der Waals surface area contributed by atoms with Gasteiger partial charge in [0.25, 0.3) is 0 Å². The molecule has 0 radical (unpaired) electrons. The van der Waals surface area contributed by atoms with E-state index in [4.69, 9.17) is 10.5 Å². The fraction of sp³-hybridized carbons (Fsp3) is 1.00. The molecular formula is C10H24N2O. The van der Waals surface area contributed by atoms with Gasteiger partial charge in [0.15, 0.2) is 0 Å². The highest BCUT2D eigenvalue weighted by atomic mass is 16.5. The fourth-order valence-electron chi connectivity index (χ4n) is 1.09. The molecule has 13 heavy (non-hydrogen) atoms. The molecule has 3 heteroatoms. The number of nitrogens with two attached hydrogens (primary N) is 1. The number of ether oxygens (including phenoxy) is 1. The van der Waals surface area contributed by atoms with Crippen LogP contribution in [-0.4, -0.2) is 32.3 Å². The lowest BCUT2D eigenvalue weighted by atomic mass is 10.2. The first kappa shape index (κ1) is 12.9. The molecule has 1 aliphatic rings. The van der Waals surface area contributed by atoms with Crippen molar-refractivity contribution in [2.75, 3.05) is 26.2 Å². The summed E-state index contributed by atoms with van der Waals surface area (Å²) in [5.74, 6) is 0. The van der Waals surface area contributed by atoms with Gasteiger partial charge in [-0.15, -0.1) is 0 Å². The summed E-state index contributed by atoms with van der Waals surface area (Å²) in [6.07, 6.45) is 3.99. The van der Waals surface area contributed by atoms with Crippen molar-refractivity contribution in [2.24, 2.45) is 5.73 Å². The SMILES string of the molecule is CCC1CNCCO1.CCCCN. The molecule has 1 unspecified atom stereocenters. The van der Waals surface area contributed by atoms with Crippen molar-refractivity contribution < 1.29 is 4.74 Å². The van der Waals surface area contributed by atoms with E-state index in [1.165, 1.54) is 12.8 Å². The Balaban J connectivity index is 0.000000252. The predicted molar refractivity (Wildman–Crippen MR) is 56.9 cm³/mol. The standard InChI is InChI=1S/C6H13NO.C4H11N/c1-2-6-5-7-3-4-8-6;1-2-3-4-5/h6-7H,2-5H2,1H3;2-5H2,1H3. The molecule has 1 atom stereocenters. The van der Waals surface area contributed by atoms with Gasteiger partial charge in [-0.3, -0.25) is 0 Å². The normalized spacial score (nSPS) is 21.9. The average molecular weight is 188 g/mol. The van der Waals surface area contributed by atoms with Crippen LogP contribution >= 0.6 is 0 Å². The van der Waals surface area contributed by atoms with Gasteiger partial charge in [0.05, 0.1) is 12.7 Å². The third-order valence-corrected chi connectivity index (χ3v) is 2.02. The molecule has 80 valence electrons. The zero-order chi connectivity index (χ0) is 9.94. The van der Waals surface area contributed by atoms with Gasteiger partial charge in [-0.05, 0) is 19.4 Å². The van der Waals surface area contributed by atoms with E-state index in [0.29, 0.717) is 6.10 Å². The van der Waals surface area contributed by atoms with E-state index in [9.17, 15) is 0 Å². The smallest absolute Gasteiger partial charge is 0.0697 e. The highest BCUT2D eigenvalue weighted by Crippen LogP contribution is 1.98. The summed E-state index contributed by atoms with van der Waals surface area (Å²) in [6, 6.07) is 0. The topological polar surface area (TPSA) is 47.3 Å². The van der Waals surface area contributed by atoms with Crippen LogP contribution in [0.1, 0.15) is 33.1 Å². The lowest BCUT2D eigenvalue weighted by molar-refractivity contribution is 0.0267. The zero-order valence-corrected chi connectivity index (χ0v) is 9.01. The van der Waals surface area contributed by atoms with E-state index in [0.717, 1.165) is 32.7 Å². The predicted octanol–water partition coefficient (Wildman–Crippen LogP) is 1.13. The summed E-state index contributed by atoms with van der Waals surface area (Å²) in [7, 11) is 0. The van der Waals surface area contributed by atoms with Crippen molar-refractivity contribution >= 4 is 0 Å². The second-order valence-electron chi connectivity index (χ2n) is 3.25. The lowest BCUT2D eigenvalue weighted by Gasteiger charge is -2.21. The Hall–Kier alpha value is -0.120. The van der Waals surface area contributed by atoms with Crippen LogP contribution in [0.2, 0.25) is 0 Å². The van der Waals surface area contributed by atoms with Crippen LogP contribution in [0, 0.1) is 0 Å². The first-order valence-corrected chi connectivity index (χ1v) is 5.37. The number of rotatable bonds is 3. The van der Waals surface area contributed by atoms with E-state index in [-0.39, 0.29) is 0 Å². The van der Waals surface area contributed by atoms with Crippen molar-refractivity contribution in [3.63, 3.8) is 0 Å². The van der Waals surface area contributed by atoms with Gasteiger partial charge in [-0.2, -0.15) is 0 Å². The summed E-state index contributed by atoms with van der Waals surface area (Å²) in [5.41, 5.74) is 5.14. The Morgan fingerprint density at radius 1 is 1.46 bits per heavy atom. The Morgan fingerprint density at radius 3 is 2.46 bits per heavy atom. The highest BCUT2D eigenvalue weighted by molar-refractivity contribution is 4.63. The first-order valence-electron chi connectivity index (χ1n) is 5.37. The maximum absolute atomic E-state index is 5.36. The molecule has 0 bridgehead atoms. The third-order valence-electron chi connectivity index (χ3n) is 2.02. The van der Waals surface area contributed by atoms with E-state index in [1.807, 2.05) is 0 Å². The number of unbranched alkanes of at least 4 members (excludes halogenated alkanes) is 1. The van der Waals surface area contributed by atoms with Crippen LogP contribution in [-0.2, 0) is 4.74 Å². The average Bonchev–Trinajstić information content (AvgIpc) is 2.21. The van der Waals surface area contributed by atoms with E-state index >= 15 is 0 Å². The number of hydrogen-bond donors (Lipinski definition) is 2. The second kappa shape index (κ2) is 9.96. The molecule has 0 aromatic heterocycles. The van der Waals surface area contributed by atoms with Crippen LogP contribution in [0.15, 0.2) is 0 Å². The quantitative estimate of drug-likeness (QED) is 0.698. The summed E-state index contributed by atoms with van der Waals surface area (Å²) >= 11 is 0. The number of morpholine rings is 1. The van der Waals surface area contributed by atoms with Gasteiger partial charge in [-0.25, -0.2) is 0 Å². The van der Waals surface area contributed by atoms with Crippen molar-refractivity contribution in [3.05, 3.63) is 0 Å². The summed E-state index contributed by atoms with van der Waals surface area (Å²) in [4.78, 5) is 0. The maximum atomic E-state index is 5.36. The fourth-order valence-corrected chi connectivity index (χ4v) is 1.09. The molecule has 1 aliphatic heterocycles. The van der Waals surface area contributed by atoms with E-state index in [1.54, 1.807) is 0 Å². The molecule has 1 saturated heterocycles. The molecule has 0 saturated carbocycles. The van der Waals surface area contributed by atoms with Gasteiger partial charge in [-0.1, -0.05) is 20.3 Å². The maximum Gasteiger partial charge on any atom is 0.0697 e. The molecule has 0 spiro atoms. The minimum atomic E-state index is 0.476. The van der Waals surface area contributed by atoms with Gasteiger partial charge in [0, 0.05) is 13.1 Å². The van der Waals surface area contributed by atoms with E-state index < -0.39 is 0 Å². The zero-order valence-electron chi connectivity index (χ0n) is 9.01. The van der Waals surface area contributed by atoms with Crippen molar-refractivity contribution in [2.45, 2.75) is 39.2 Å². The molecule has 0 aromatic rings. The molecule has 0 aliphatic carbocycles. The van der Waals surface area contributed by atoms with Crippen LogP contribution in [0.5, 0.6) is 0 Å². The van der Waals surface area contributed by atoms with Crippen molar-refractivity contribution in [1.29, 1.82) is 0 Å². The van der Waals surface area contributed by atoms with Crippen molar-refractivity contribution in [1.82, 2.24) is 5.32 Å². The van der Waals surface area contributed by atoms with Crippen LogP contribution in [0.25, 0.3) is 0 Å². The minimum absolute atomic E-state index is 0.476. The molecule has 0 aromatic carbocycles. The Kier molecular flexibility index (Phi) is 9.87. The summed E-state index contributed by atoms with van der Waals surface area (Å²) < 4.78 is 5.36. The number of hydrogen-bond acceptors (Lipinski definition) is 3. The highest BCUT2D eigenvalue weighted by Gasteiger charge is 2.08. The Morgan fingerprint density at radius 2 is 2.23 bits per heavy atom. The molecule has 3 N–H and O–H groups in total. The molecule has 1 fully saturated rings. The molecule has 0 amide bonds. The molecule has 3 nitrogen and oxygen atoms in total. The summed E-state index contributed by atoms with van der Waals surface area (Å²) in [6.45, 7) is 8.08. The monoisotopic (exact) mass is 188 g/mol. The van der Waals surface area contributed by atoms with E-state index in [2.05, 4.69) is 19.2 Å². The summed E-state index contributed by atoms with van der Waals surface area (Å²) in [5, 5.41) is 3.26. The second-order valence-corrected chi connectivity index (χ2v) is 3.25. The minimum Gasteiger partial charge on any atom is -0.376 e. The van der Waals surface area contributed by atoms with Gasteiger partial charge in [0.1, 0.15) is 0 Å². The van der Waals surface area contributed by atoms with Crippen LogP contribution in [0.3, 0.4) is 0 Å². The van der Waals surface area contributed by atoms with Crippen LogP contribution < -0.4 is 11.1 Å².